The predicted octanol–water partition coefficient (Wildman–Crippen LogP) is 2.04. The molecule has 1 aromatic heterocycles. The van der Waals surface area contributed by atoms with Gasteiger partial charge in [0.2, 0.25) is 5.95 Å². The molecule has 1 fully saturated rings. The smallest absolute Gasteiger partial charge is 0.335 e. The minimum atomic E-state index is -4.25. The van der Waals surface area contributed by atoms with E-state index in [1.165, 1.54) is 19.9 Å². The zero-order chi connectivity index (χ0) is 14.0. The molecule has 0 unspecified atom stereocenters. The third kappa shape index (κ3) is 4.34. The summed E-state index contributed by atoms with van der Waals surface area (Å²) in [5.74, 6) is 0.102. The number of hydrogen-bond donors (Lipinski definition) is 1. The van der Waals surface area contributed by atoms with Crippen LogP contribution in [0.15, 0.2) is 6.20 Å². The minimum absolute atomic E-state index is 0.102. The molecule has 4 nitrogen and oxygen atoms in total. The number of alkyl halides is 3. The Hall–Kier alpha value is -1.37. The van der Waals surface area contributed by atoms with Crippen LogP contribution in [0.1, 0.15) is 24.1 Å². The van der Waals surface area contributed by atoms with Crippen molar-refractivity contribution in [3.8, 4) is 0 Å². The minimum Gasteiger partial charge on any atom is -0.335 e. The van der Waals surface area contributed by atoms with Gasteiger partial charge >= 0.3 is 6.18 Å². The lowest BCUT2D eigenvalue weighted by Crippen LogP contribution is -2.32. The second-order valence-electron chi connectivity index (χ2n) is 4.91. The van der Waals surface area contributed by atoms with Crippen molar-refractivity contribution in [2.45, 2.75) is 38.5 Å². The second-order valence-corrected chi connectivity index (χ2v) is 4.91. The monoisotopic (exact) mass is 274 g/mol. The standard InChI is InChI=1S/C12H17F3N4/c1-8-9(5-16-10-3-4-10)6-17-11(18-8)19(2)7-12(13,14)15/h6,10,16H,3-5,7H2,1-2H3. The van der Waals surface area contributed by atoms with Crippen LogP contribution in [0.5, 0.6) is 0 Å². The van der Waals surface area contributed by atoms with Crippen molar-refractivity contribution in [3.63, 3.8) is 0 Å². The topological polar surface area (TPSA) is 41.1 Å². The highest BCUT2D eigenvalue weighted by atomic mass is 19.4. The number of nitrogens with one attached hydrogen (secondary N) is 1. The molecule has 0 aliphatic heterocycles. The Bertz CT molecular complexity index is 443. The molecule has 0 spiro atoms. The van der Waals surface area contributed by atoms with Crippen LogP contribution in [0, 0.1) is 6.92 Å². The third-order valence-corrected chi connectivity index (χ3v) is 2.98. The average molecular weight is 274 g/mol. The van der Waals surface area contributed by atoms with E-state index in [-0.39, 0.29) is 5.95 Å². The summed E-state index contributed by atoms with van der Waals surface area (Å²) in [4.78, 5) is 9.13. The normalized spacial score (nSPS) is 15.6. The van der Waals surface area contributed by atoms with E-state index in [0.717, 1.165) is 10.5 Å². The van der Waals surface area contributed by atoms with E-state index in [1.807, 2.05) is 0 Å². The fourth-order valence-corrected chi connectivity index (χ4v) is 1.72. The third-order valence-electron chi connectivity index (χ3n) is 2.98. The first-order chi connectivity index (χ1) is 8.85. The first kappa shape index (κ1) is 14.0. The average Bonchev–Trinajstić information content (AvgIpc) is 3.08. The van der Waals surface area contributed by atoms with Gasteiger partial charge in [0, 0.05) is 37.1 Å². The molecule has 2 rings (SSSR count). The van der Waals surface area contributed by atoms with Crippen LogP contribution in [-0.2, 0) is 6.54 Å². The van der Waals surface area contributed by atoms with E-state index in [4.69, 9.17) is 0 Å². The van der Waals surface area contributed by atoms with Crippen molar-refractivity contribution in [2.24, 2.45) is 0 Å². The van der Waals surface area contributed by atoms with Crippen LogP contribution in [0.4, 0.5) is 19.1 Å². The molecule has 1 heterocycles. The maximum absolute atomic E-state index is 12.3. The van der Waals surface area contributed by atoms with Crippen molar-refractivity contribution < 1.29 is 13.2 Å². The highest BCUT2D eigenvalue weighted by molar-refractivity contribution is 5.32. The molecule has 1 aliphatic carbocycles. The van der Waals surface area contributed by atoms with Gasteiger partial charge in [-0.1, -0.05) is 0 Å². The summed E-state index contributed by atoms with van der Waals surface area (Å²) in [7, 11) is 1.34. The molecule has 1 saturated carbocycles. The molecule has 1 N–H and O–H groups in total. The maximum atomic E-state index is 12.3. The Morgan fingerprint density at radius 3 is 2.63 bits per heavy atom. The molecule has 0 bridgehead atoms. The molecule has 0 amide bonds. The molecule has 0 aromatic carbocycles. The van der Waals surface area contributed by atoms with Crippen LogP contribution >= 0.6 is 0 Å². The summed E-state index contributed by atoms with van der Waals surface area (Å²) in [6.45, 7) is 1.41. The SMILES string of the molecule is Cc1nc(N(C)CC(F)(F)F)ncc1CNC1CC1. The molecular formula is C12H17F3N4. The van der Waals surface area contributed by atoms with E-state index in [1.54, 1.807) is 13.1 Å². The lowest BCUT2D eigenvalue weighted by atomic mass is 10.2. The number of hydrogen-bond acceptors (Lipinski definition) is 4. The Morgan fingerprint density at radius 1 is 1.42 bits per heavy atom. The Balaban J connectivity index is 2.00. The van der Waals surface area contributed by atoms with E-state index in [2.05, 4.69) is 15.3 Å². The number of nitrogens with zero attached hydrogens (tertiary/aromatic N) is 3. The molecule has 0 saturated heterocycles. The molecule has 106 valence electrons. The maximum Gasteiger partial charge on any atom is 0.406 e. The summed E-state index contributed by atoms with van der Waals surface area (Å²) in [6.07, 6.45) is -0.281. The van der Waals surface area contributed by atoms with Gasteiger partial charge in [0.1, 0.15) is 6.54 Å². The number of halogens is 3. The number of rotatable bonds is 5. The van der Waals surface area contributed by atoms with Crippen LogP contribution in [0.25, 0.3) is 0 Å². The molecule has 0 radical (unpaired) electrons. The van der Waals surface area contributed by atoms with Gasteiger partial charge in [0.15, 0.2) is 0 Å². The van der Waals surface area contributed by atoms with Crippen LogP contribution in [-0.4, -0.2) is 35.8 Å². The van der Waals surface area contributed by atoms with Crippen LogP contribution in [0.2, 0.25) is 0 Å². The number of anilines is 1. The van der Waals surface area contributed by atoms with Gasteiger partial charge < -0.3 is 10.2 Å². The van der Waals surface area contributed by atoms with Gasteiger partial charge in [-0.25, -0.2) is 9.97 Å². The lowest BCUT2D eigenvalue weighted by Gasteiger charge is -2.19. The second kappa shape index (κ2) is 5.32. The summed E-state index contributed by atoms with van der Waals surface area (Å²) < 4.78 is 36.8. The summed E-state index contributed by atoms with van der Waals surface area (Å²) in [5, 5.41) is 3.33. The van der Waals surface area contributed by atoms with Gasteiger partial charge in [0.05, 0.1) is 0 Å². The van der Waals surface area contributed by atoms with Crippen molar-refractivity contribution in [1.29, 1.82) is 0 Å². The highest BCUT2D eigenvalue weighted by Crippen LogP contribution is 2.21. The summed E-state index contributed by atoms with van der Waals surface area (Å²) in [5.41, 5.74) is 1.64. The quantitative estimate of drug-likeness (QED) is 0.892. The first-order valence-electron chi connectivity index (χ1n) is 6.19. The summed E-state index contributed by atoms with van der Waals surface area (Å²) >= 11 is 0. The zero-order valence-electron chi connectivity index (χ0n) is 11.0. The van der Waals surface area contributed by atoms with Gasteiger partial charge in [0.25, 0.3) is 0 Å². The fourth-order valence-electron chi connectivity index (χ4n) is 1.72. The molecule has 7 heteroatoms. The largest absolute Gasteiger partial charge is 0.406 e. The highest BCUT2D eigenvalue weighted by Gasteiger charge is 2.30. The van der Waals surface area contributed by atoms with Gasteiger partial charge in [-0.2, -0.15) is 13.2 Å². The first-order valence-corrected chi connectivity index (χ1v) is 6.19. The molecule has 1 aromatic rings. The fraction of sp³-hybridized carbons (Fsp3) is 0.667. The number of aryl methyl sites for hydroxylation is 1. The van der Waals surface area contributed by atoms with E-state index in [9.17, 15) is 13.2 Å². The lowest BCUT2D eigenvalue weighted by molar-refractivity contribution is -0.119. The molecule has 0 atom stereocenters. The zero-order valence-corrected chi connectivity index (χ0v) is 11.0. The van der Waals surface area contributed by atoms with Gasteiger partial charge in [-0.05, 0) is 19.8 Å². The van der Waals surface area contributed by atoms with Crippen LogP contribution in [0.3, 0.4) is 0 Å². The Morgan fingerprint density at radius 2 is 2.11 bits per heavy atom. The van der Waals surface area contributed by atoms with E-state index >= 15 is 0 Å². The van der Waals surface area contributed by atoms with Gasteiger partial charge in [-0.15, -0.1) is 0 Å². The Labute approximate surface area is 110 Å². The van der Waals surface area contributed by atoms with Crippen LogP contribution < -0.4 is 10.2 Å². The van der Waals surface area contributed by atoms with Crippen molar-refractivity contribution in [3.05, 3.63) is 17.5 Å². The molecule has 1 aliphatic rings. The Kier molecular flexibility index (Phi) is 3.93. The van der Waals surface area contributed by atoms with Crippen molar-refractivity contribution >= 4 is 5.95 Å². The molecule has 19 heavy (non-hydrogen) atoms. The predicted molar refractivity (Wildman–Crippen MR) is 66.0 cm³/mol. The van der Waals surface area contributed by atoms with Gasteiger partial charge in [-0.3, -0.25) is 0 Å². The number of aromatic nitrogens is 2. The summed E-state index contributed by atoms with van der Waals surface area (Å²) in [6, 6.07) is 0.576. The van der Waals surface area contributed by atoms with E-state index in [0.29, 0.717) is 18.3 Å². The van der Waals surface area contributed by atoms with Crippen molar-refractivity contribution in [2.75, 3.05) is 18.5 Å². The van der Waals surface area contributed by atoms with Crippen molar-refractivity contribution in [1.82, 2.24) is 15.3 Å². The molecular weight excluding hydrogens is 257 g/mol. The van der Waals surface area contributed by atoms with E-state index < -0.39 is 12.7 Å².